The Labute approximate surface area is 94.6 Å². The Hall–Kier alpha value is -2.16. The Balaban J connectivity index is 2.61. The lowest BCUT2D eigenvalue weighted by Gasteiger charge is -2.11. The Kier molecular flexibility index (Phi) is 2.68. The lowest BCUT2D eigenvalue weighted by Crippen LogP contribution is -1.97. The number of ether oxygens (including phenoxy) is 1. The summed E-state index contributed by atoms with van der Waals surface area (Å²) in [6.45, 7) is 0. The highest BCUT2D eigenvalue weighted by atomic mass is 16.5. The van der Waals surface area contributed by atoms with Gasteiger partial charge in [0.1, 0.15) is 5.75 Å². The van der Waals surface area contributed by atoms with E-state index in [1.165, 1.54) is 0 Å². The third kappa shape index (κ3) is 1.67. The van der Waals surface area contributed by atoms with E-state index >= 15 is 0 Å². The van der Waals surface area contributed by atoms with E-state index in [9.17, 15) is 0 Å². The first-order valence-corrected chi connectivity index (χ1v) is 5.01. The lowest BCUT2D eigenvalue weighted by atomic mass is 10.0. The van der Waals surface area contributed by atoms with Gasteiger partial charge in [-0.1, -0.05) is 30.3 Å². The van der Waals surface area contributed by atoms with Crippen molar-refractivity contribution in [2.45, 2.75) is 0 Å². The third-order valence-electron chi connectivity index (χ3n) is 2.54. The van der Waals surface area contributed by atoms with E-state index in [0.29, 0.717) is 17.1 Å². The first kappa shape index (κ1) is 10.4. The maximum absolute atomic E-state index is 6.01. The molecule has 3 heteroatoms. The summed E-state index contributed by atoms with van der Waals surface area (Å²) in [5.41, 5.74) is 15.1. The maximum Gasteiger partial charge on any atom is 0.142 e. The average Bonchev–Trinajstić information content (AvgIpc) is 2.31. The van der Waals surface area contributed by atoms with E-state index in [2.05, 4.69) is 0 Å². The van der Waals surface area contributed by atoms with Crippen molar-refractivity contribution in [2.24, 2.45) is 0 Å². The van der Waals surface area contributed by atoms with Crippen LogP contribution in [0.15, 0.2) is 42.5 Å². The van der Waals surface area contributed by atoms with Crippen LogP contribution >= 0.6 is 0 Å². The number of benzene rings is 2. The van der Waals surface area contributed by atoms with Gasteiger partial charge >= 0.3 is 0 Å². The molecule has 0 fully saturated rings. The fraction of sp³-hybridized carbons (Fsp3) is 0.0769. The van der Waals surface area contributed by atoms with Gasteiger partial charge in [0.15, 0.2) is 0 Å². The molecule has 0 atom stereocenters. The summed E-state index contributed by atoms with van der Waals surface area (Å²) in [6, 6.07) is 13.3. The van der Waals surface area contributed by atoms with Gasteiger partial charge in [-0.2, -0.15) is 0 Å². The van der Waals surface area contributed by atoms with Gasteiger partial charge in [0, 0.05) is 16.8 Å². The molecule has 0 heterocycles. The van der Waals surface area contributed by atoms with E-state index in [4.69, 9.17) is 16.2 Å². The molecule has 0 aliphatic rings. The van der Waals surface area contributed by atoms with Crippen molar-refractivity contribution in [3.05, 3.63) is 42.5 Å². The van der Waals surface area contributed by atoms with E-state index in [0.717, 1.165) is 11.1 Å². The van der Waals surface area contributed by atoms with Gasteiger partial charge in [-0.15, -0.1) is 0 Å². The van der Waals surface area contributed by atoms with Crippen molar-refractivity contribution in [3.8, 4) is 16.9 Å². The number of nitrogens with two attached hydrogens (primary N) is 2. The molecule has 0 saturated heterocycles. The van der Waals surface area contributed by atoms with Crippen molar-refractivity contribution in [3.63, 3.8) is 0 Å². The van der Waals surface area contributed by atoms with Crippen LogP contribution in [0.2, 0.25) is 0 Å². The minimum Gasteiger partial charge on any atom is -0.495 e. The topological polar surface area (TPSA) is 61.3 Å². The summed E-state index contributed by atoms with van der Waals surface area (Å²) < 4.78 is 5.18. The van der Waals surface area contributed by atoms with E-state index in [1.54, 1.807) is 7.11 Å². The standard InChI is InChI=1S/C13H14N2O/c1-16-12-8-4-6-10(13(12)15)9-5-2-3-7-11(9)14/h2-8H,14-15H2,1H3. The molecule has 16 heavy (non-hydrogen) atoms. The fourth-order valence-electron chi connectivity index (χ4n) is 1.70. The molecule has 0 saturated carbocycles. The number of hydrogen-bond donors (Lipinski definition) is 2. The first-order valence-electron chi connectivity index (χ1n) is 5.01. The smallest absolute Gasteiger partial charge is 0.142 e. The predicted molar refractivity (Wildman–Crippen MR) is 67.3 cm³/mol. The van der Waals surface area contributed by atoms with Gasteiger partial charge in [-0.05, 0) is 12.1 Å². The molecular formula is C13H14N2O. The van der Waals surface area contributed by atoms with Crippen LogP contribution in [-0.2, 0) is 0 Å². The molecule has 0 radical (unpaired) electrons. The molecule has 4 N–H and O–H groups in total. The molecule has 2 aromatic carbocycles. The van der Waals surface area contributed by atoms with Crippen LogP contribution < -0.4 is 16.2 Å². The average molecular weight is 214 g/mol. The molecule has 2 rings (SSSR count). The van der Waals surface area contributed by atoms with Crippen molar-refractivity contribution in [2.75, 3.05) is 18.6 Å². The molecule has 2 aromatic rings. The molecular weight excluding hydrogens is 200 g/mol. The predicted octanol–water partition coefficient (Wildman–Crippen LogP) is 2.53. The van der Waals surface area contributed by atoms with Crippen LogP contribution in [0.3, 0.4) is 0 Å². The molecule has 0 amide bonds. The summed E-state index contributed by atoms with van der Waals surface area (Å²) in [5, 5.41) is 0. The maximum atomic E-state index is 6.01. The highest BCUT2D eigenvalue weighted by Gasteiger charge is 2.08. The first-order chi connectivity index (χ1) is 7.74. The fourth-order valence-corrected chi connectivity index (χ4v) is 1.70. The van der Waals surface area contributed by atoms with E-state index < -0.39 is 0 Å². The SMILES string of the molecule is COc1cccc(-c2ccccc2N)c1N. The van der Waals surface area contributed by atoms with Crippen LogP contribution in [0.1, 0.15) is 0 Å². The number of nitrogen functional groups attached to an aromatic ring is 2. The van der Waals surface area contributed by atoms with Crippen LogP contribution in [0, 0.1) is 0 Å². The molecule has 0 aromatic heterocycles. The number of methoxy groups -OCH3 is 1. The molecule has 0 spiro atoms. The summed E-state index contributed by atoms with van der Waals surface area (Å²) in [5.74, 6) is 0.667. The van der Waals surface area contributed by atoms with Gasteiger partial charge in [0.05, 0.1) is 12.8 Å². The second-order valence-corrected chi connectivity index (χ2v) is 3.51. The zero-order valence-electron chi connectivity index (χ0n) is 9.10. The quantitative estimate of drug-likeness (QED) is 0.755. The third-order valence-corrected chi connectivity index (χ3v) is 2.54. The number of anilines is 2. The number of para-hydroxylation sites is 2. The zero-order chi connectivity index (χ0) is 11.5. The Morgan fingerprint density at radius 1 is 0.875 bits per heavy atom. The Morgan fingerprint density at radius 3 is 2.25 bits per heavy atom. The summed E-state index contributed by atoms with van der Waals surface area (Å²) in [7, 11) is 1.60. The van der Waals surface area contributed by atoms with Crippen molar-refractivity contribution in [1.29, 1.82) is 0 Å². The van der Waals surface area contributed by atoms with Crippen LogP contribution in [0.5, 0.6) is 5.75 Å². The van der Waals surface area contributed by atoms with Gasteiger partial charge in [-0.25, -0.2) is 0 Å². The monoisotopic (exact) mass is 214 g/mol. The van der Waals surface area contributed by atoms with Crippen molar-refractivity contribution >= 4 is 11.4 Å². The lowest BCUT2D eigenvalue weighted by molar-refractivity contribution is 0.417. The molecule has 0 unspecified atom stereocenters. The normalized spacial score (nSPS) is 10.1. The highest BCUT2D eigenvalue weighted by Crippen LogP contribution is 2.35. The van der Waals surface area contributed by atoms with Crippen LogP contribution in [0.25, 0.3) is 11.1 Å². The minimum atomic E-state index is 0.614. The van der Waals surface area contributed by atoms with Gasteiger partial charge in [0.2, 0.25) is 0 Å². The van der Waals surface area contributed by atoms with Gasteiger partial charge in [-0.3, -0.25) is 0 Å². The second-order valence-electron chi connectivity index (χ2n) is 3.51. The molecule has 82 valence electrons. The Bertz CT molecular complexity index is 509. The van der Waals surface area contributed by atoms with Crippen molar-refractivity contribution < 1.29 is 4.74 Å². The van der Waals surface area contributed by atoms with E-state index in [-0.39, 0.29) is 0 Å². The second kappa shape index (κ2) is 4.14. The number of rotatable bonds is 2. The molecule has 3 nitrogen and oxygen atoms in total. The number of hydrogen-bond acceptors (Lipinski definition) is 3. The van der Waals surface area contributed by atoms with Crippen LogP contribution in [0.4, 0.5) is 11.4 Å². The van der Waals surface area contributed by atoms with Gasteiger partial charge < -0.3 is 16.2 Å². The van der Waals surface area contributed by atoms with Crippen LogP contribution in [-0.4, -0.2) is 7.11 Å². The molecule has 0 bridgehead atoms. The zero-order valence-corrected chi connectivity index (χ0v) is 9.10. The van der Waals surface area contributed by atoms with Crippen molar-refractivity contribution in [1.82, 2.24) is 0 Å². The highest BCUT2D eigenvalue weighted by molar-refractivity contribution is 5.86. The Morgan fingerprint density at radius 2 is 1.56 bits per heavy atom. The minimum absolute atomic E-state index is 0.614. The summed E-state index contributed by atoms with van der Waals surface area (Å²) >= 11 is 0. The summed E-state index contributed by atoms with van der Waals surface area (Å²) in [4.78, 5) is 0. The van der Waals surface area contributed by atoms with E-state index in [1.807, 2.05) is 42.5 Å². The molecule has 0 aliphatic carbocycles. The summed E-state index contributed by atoms with van der Waals surface area (Å²) in [6.07, 6.45) is 0. The van der Waals surface area contributed by atoms with Gasteiger partial charge in [0.25, 0.3) is 0 Å². The largest absolute Gasteiger partial charge is 0.495 e. The molecule has 0 aliphatic heterocycles.